The van der Waals surface area contributed by atoms with Crippen molar-refractivity contribution in [2.75, 3.05) is 6.54 Å². The predicted molar refractivity (Wildman–Crippen MR) is 81.8 cm³/mol. The van der Waals surface area contributed by atoms with E-state index in [1.807, 2.05) is 6.07 Å². The molecular formula is C17H19N3. The summed E-state index contributed by atoms with van der Waals surface area (Å²) in [5.74, 6) is 1.10. The van der Waals surface area contributed by atoms with Crippen LogP contribution in [0, 0.1) is 0 Å². The minimum atomic E-state index is 0.818. The van der Waals surface area contributed by atoms with E-state index in [9.17, 15) is 0 Å². The third-order valence-corrected chi connectivity index (χ3v) is 3.45. The summed E-state index contributed by atoms with van der Waals surface area (Å²) < 4.78 is 2.19. The first-order valence-electron chi connectivity index (χ1n) is 7.08. The Morgan fingerprint density at radius 2 is 1.85 bits per heavy atom. The molecule has 2 aromatic heterocycles. The first kappa shape index (κ1) is 12.9. The number of hydrogen-bond acceptors (Lipinski definition) is 2. The van der Waals surface area contributed by atoms with Crippen molar-refractivity contribution in [3.05, 3.63) is 71.8 Å². The molecule has 1 aromatic carbocycles. The van der Waals surface area contributed by atoms with E-state index in [0.29, 0.717) is 0 Å². The molecule has 2 heterocycles. The molecule has 0 saturated heterocycles. The number of pyridine rings is 1. The van der Waals surface area contributed by atoms with Gasteiger partial charge in [-0.2, -0.15) is 0 Å². The van der Waals surface area contributed by atoms with Gasteiger partial charge in [0.1, 0.15) is 5.82 Å². The van der Waals surface area contributed by atoms with Crippen molar-refractivity contribution in [2.24, 2.45) is 0 Å². The van der Waals surface area contributed by atoms with Crippen molar-refractivity contribution in [3.63, 3.8) is 0 Å². The maximum absolute atomic E-state index is 4.82. The molecule has 0 atom stereocenters. The van der Waals surface area contributed by atoms with E-state index < -0.39 is 0 Å². The summed E-state index contributed by atoms with van der Waals surface area (Å²) in [6.45, 7) is 3.89. The third kappa shape index (κ3) is 2.58. The number of rotatable bonds is 5. The molecule has 0 aliphatic rings. The number of benzene rings is 1. The zero-order chi connectivity index (χ0) is 13.8. The zero-order valence-corrected chi connectivity index (χ0v) is 11.7. The van der Waals surface area contributed by atoms with Gasteiger partial charge in [-0.1, -0.05) is 43.3 Å². The summed E-state index contributed by atoms with van der Waals surface area (Å²) in [5.41, 5.74) is 3.61. The highest BCUT2D eigenvalue weighted by atomic mass is 15.0. The second kappa shape index (κ2) is 5.88. The fourth-order valence-electron chi connectivity index (χ4n) is 2.45. The molecule has 0 radical (unpaired) electrons. The summed E-state index contributed by atoms with van der Waals surface area (Å²) >= 11 is 0. The Morgan fingerprint density at radius 1 is 1.05 bits per heavy atom. The molecule has 3 aromatic rings. The van der Waals surface area contributed by atoms with E-state index in [0.717, 1.165) is 31.0 Å². The first-order valence-corrected chi connectivity index (χ1v) is 7.08. The van der Waals surface area contributed by atoms with Gasteiger partial charge in [-0.25, -0.2) is 4.98 Å². The monoisotopic (exact) mass is 265 g/mol. The lowest BCUT2D eigenvalue weighted by molar-refractivity contribution is 0.715. The van der Waals surface area contributed by atoms with Gasteiger partial charge in [0.25, 0.3) is 0 Å². The smallest absolute Gasteiger partial charge is 0.118 e. The van der Waals surface area contributed by atoms with Gasteiger partial charge < -0.3 is 9.72 Å². The highest BCUT2D eigenvalue weighted by molar-refractivity contribution is 5.53. The fourth-order valence-corrected chi connectivity index (χ4v) is 2.45. The van der Waals surface area contributed by atoms with Crippen LogP contribution in [0.2, 0.25) is 0 Å². The van der Waals surface area contributed by atoms with Crippen LogP contribution in [0.15, 0.2) is 54.7 Å². The van der Waals surface area contributed by atoms with E-state index in [1.165, 1.54) is 11.1 Å². The second-order valence-electron chi connectivity index (χ2n) is 4.87. The number of fused-ring (bicyclic) bond motifs is 1. The maximum Gasteiger partial charge on any atom is 0.118 e. The first-order chi connectivity index (χ1) is 9.88. The molecule has 0 bridgehead atoms. The lowest BCUT2D eigenvalue weighted by atomic mass is 10.1. The number of imidazole rings is 1. The molecule has 0 saturated carbocycles. The van der Waals surface area contributed by atoms with Crippen LogP contribution < -0.4 is 5.32 Å². The van der Waals surface area contributed by atoms with Gasteiger partial charge in [-0.15, -0.1) is 0 Å². The van der Waals surface area contributed by atoms with Gasteiger partial charge in [-0.05, 0) is 24.2 Å². The third-order valence-electron chi connectivity index (χ3n) is 3.45. The Morgan fingerprint density at radius 3 is 2.65 bits per heavy atom. The molecule has 0 fully saturated rings. The van der Waals surface area contributed by atoms with Crippen LogP contribution in [0.1, 0.15) is 24.0 Å². The molecule has 0 aliphatic carbocycles. The predicted octanol–water partition coefficient (Wildman–Crippen LogP) is 3.03. The minimum Gasteiger partial charge on any atom is -0.311 e. The molecule has 3 rings (SSSR count). The summed E-state index contributed by atoms with van der Waals surface area (Å²) in [6.07, 6.45) is 2.95. The van der Waals surface area contributed by atoms with Crippen LogP contribution in [0.5, 0.6) is 0 Å². The van der Waals surface area contributed by atoms with E-state index >= 15 is 0 Å². The van der Waals surface area contributed by atoms with Gasteiger partial charge in [-0.3, -0.25) is 0 Å². The minimum absolute atomic E-state index is 0.818. The van der Waals surface area contributed by atoms with Crippen LogP contribution in [0.3, 0.4) is 0 Å². The van der Waals surface area contributed by atoms with Crippen molar-refractivity contribution in [2.45, 2.75) is 19.9 Å². The van der Waals surface area contributed by atoms with Crippen LogP contribution >= 0.6 is 0 Å². The molecule has 0 spiro atoms. The number of hydrogen-bond donors (Lipinski definition) is 1. The van der Waals surface area contributed by atoms with Gasteiger partial charge >= 0.3 is 0 Å². The number of nitrogens with zero attached hydrogens (tertiary/aromatic N) is 2. The normalized spacial score (nSPS) is 11.1. The number of nitrogens with one attached hydrogen (secondary N) is 1. The van der Waals surface area contributed by atoms with E-state index in [4.69, 9.17) is 4.98 Å². The standard InChI is InChI=1S/C17H19N3/c1-2-18-13-15-16-10-6-7-11-20(16)17(19-15)12-14-8-4-3-5-9-14/h3-11,18H,2,12-13H2,1H3. The van der Waals surface area contributed by atoms with Gasteiger partial charge in [0.2, 0.25) is 0 Å². The lowest BCUT2D eigenvalue weighted by Gasteiger charge is -2.01. The largest absolute Gasteiger partial charge is 0.311 e. The van der Waals surface area contributed by atoms with Crippen molar-refractivity contribution in [3.8, 4) is 0 Å². The van der Waals surface area contributed by atoms with Crippen LogP contribution in [-0.2, 0) is 13.0 Å². The lowest BCUT2D eigenvalue weighted by Crippen LogP contribution is -2.12. The van der Waals surface area contributed by atoms with Crippen LogP contribution in [-0.4, -0.2) is 15.9 Å². The SMILES string of the molecule is CCNCc1nc(Cc2ccccc2)n2ccccc12. The average molecular weight is 265 g/mol. The van der Waals surface area contributed by atoms with Crippen molar-refractivity contribution >= 4 is 5.52 Å². The molecule has 0 amide bonds. The average Bonchev–Trinajstić information content (AvgIpc) is 2.85. The summed E-state index contributed by atoms with van der Waals surface area (Å²) in [4.78, 5) is 4.82. The molecule has 3 nitrogen and oxygen atoms in total. The molecule has 20 heavy (non-hydrogen) atoms. The number of aromatic nitrogens is 2. The summed E-state index contributed by atoms with van der Waals surface area (Å²) in [6, 6.07) is 16.7. The van der Waals surface area contributed by atoms with E-state index in [-0.39, 0.29) is 0 Å². The molecule has 0 aliphatic heterocycles. The van der Waals surface area contributed by atoms with Crippen molar-refractivity contribution < 1.29 is 0 Å². The van der Waals surface area contributed by atoms with E-state index in [2.05, 4.69) is 65.3 Å². The van der Waals surface area contributed by atoms with Crippen molar-refractivity contribution in [1.82, 2.24) is 14.7 Å². The van der Waals surface area contributed by atoms with Gasteiger partial charge in [0, 0.05) is 19.2 Å². The zero-order valence-electron chi connectivity index (χ0n) is 11.7. The Labute approximate surface area is 119 Å². The molecule has 102 valence electrons. The summed E-state index contributed by atoms with van der Waals surface area (Å²) in [5, 5.41) is 3.36. The van der Waals surface area contributed by atoms with Crippen molar-refractivity contribution in [1.29, 1.82) is 0 Å². The maximum atomic E-state index is 4.82. The Bertz CT molecular complexity index is 686. The van der Waals surface area contributed by atoms with Gasteiger partial charge in [0.05, 0.1) is 11.2 Å². The van der Waals surface area contributed by atoms with Crippen LogP contribution in [0.25, 0.3) is 5.52 Å². The Hall–Kier alpha value is -2.13. The highest BCUT2D eigenvalue weighted by Crippen LogP contribution is 2.16. The summed E-state index contributed by atoms with van der Waals surface area (Å²) in [7, 11) is 0. The topological polar surface area (TPSA) is 29.3 Å². The Balaban J connectivity index is 1.98. The quantitative estimate of drug-likeness (QED) is 0.768. The Kier molecular flexibility index (Phi) is 3.79. The highest BCUT2D eigenvalue weighted by Gasteiger charge is 2.10. The molecule has 0 unspecified atom stereocenters. The molecule has 1 N–H and O–H groups in total. The van der Waals surface area contributed by atoms with Crippen LogP contribution in [0.4, 0.5) is 0 Å². The second-order valence-corrected chi connectivity index (χ2v) is 4.87. The fraction of sp³-hybridized carbons (Fsp3) is 0.235. The molecular weight excluding hydrogens is 246 g/mol. The van der Waals surface area contributed by atoms with E-state index in [1.54, 1.807) is 0 Å². The molecule has 3 heteroatoms. The van der Waals surface area contributed by atoms with Gasteiger partial charge in [0.15, 0.2) is 0 Å².